The molecule has 0 aliphatic heterocycles. The van der Waals surface area contributed by atoms with Crippen LogP contribution in [0.2, 0.25) is 0 Å². The first-order chi connectivity index (χ1) is 5.29. The van der Waals surface area contributed by atoms with E-state index in [2.05, 4.69) is 15.9 Å². The largest absolute Gasteiger partial charge is 0.466 e. The summed E-state index contributed by atoms with van der Waals surface area (Å²) in [5.41, 5.74) is 0. The predicted octanol–water partition coefficient (Wildman–Crippen LogP) is 1.97. The molecule has 2 unspecified atom stereocenters. The van der Waals surface area contributed by atoms with E-state index >= 15 is 0 Å². The van der Waals surface area contributed by atoms with Crippen LogP contribution in [0.15, 0.2) is 0 Å². The minimum Gasteiger partial charge on any atom is -0.466 e. The van der Waals surface area contributed by atoms with Crippen molar-refractivity contribution in [3.8, 4) is 0 Å². The molecule has 1 aliphatic rings. The molecular formula is C8H13BrO2. The Morgan fingerprint density at radius 2 is 2.45 bits per heavy atom. The van der Waals surface area contributed by atoms with Gasteiger partial charge in [-0.1, -0.05) is 15.9 Å². The smallest absolute Gasteiger partial charge is 0.309 e. The number of halogens is 1. The fraction of sp³-hybridized carbons (Fsp3) is 0.875. The van der Waals surface area contributed by atoms with E-state index in [4.69, 9.17) is 4.74 Å². The van der Waals surface area contributed by atoms with Crippen LogP contribution in [0.3, 0.4) is 0 Å². The Morgan fingerprint density at radius 3 is 3.00 bits per heavy atom. The number of ether oxygens (including phenoxy) is 1. The number of esters is 1. The fourth-order valence-corrected chi connectivity index (χ4v) is 1.83. The van der Waals surface area contributed by atoms with Gasteiger partial charge >= 0.3 is 5.97 Å². The zero-order chi connectivity index (χ0) is 8.27. The second-order valence-corrected chi connectivity index (χ2v) is 3.62. The van der Waals surface area contributed by atoms with Crippen molar-refractivity contribution in [3.05, 3.63) is 0 Å². The average molecular weight is 221 g/mol. The second kappa shape index (κ2) is 4.10. The molecule has 0 spiro atoms. The van der Waals surface area contributed by atoms with E-state index in [1.165, 1.54) is 0 Å². The molecule has 0 amide bonds. The second-order valence-electron chi connectivity index (χ2n) is 2.83. The van der Waals surface area contributed by atoms with Gasteiger partial charge < -0.3 is 4.74 Å². The van der Waals surface area contributed by atoms with E-state index in [-0.39, 0.29) is 11.9 Å². The highest BCUT2D eigenvalue weighted by Gasteiger charge is 2.43. The highest BCUT2D eigenvalue weighted by Crippen LogP contribution is 2.42. The van der Waals surface area contributed by atoms with Gasteiger partial charge in [0.1, 0.15) is 0 Å². The third kappa shape index (κ3) is 2.47. The summed E-state index contributed by atoms with van der Waals surface area (Å²) in [6.07, 6.45) is 2.13. The Labute approximate surface area is 75.4 Å². The summed E-state index contributed by atoms with van der Waals surface area (Å²) in [5.74, 6) is 0.805. The number of hydrogen-bond donors (Lipinski definition) is 0. The maximum Gasteiger partial charge on any atom is 0.309 e. The zero-order valence-corrected chi connectivity index (χ0v) is 8.26. The monoisotopic (exact) mass is 220 g/mol. The lowest BCUT2D eigenvalue weighted by atomic mass is 10.2. The number of hydrogen-bond acceptors (Lipinski definition) is 2. The SMILES string of the molecule is CCOC(=O)C1CC1CCBr. The Kier molecular flexibility index (Phi) is 3.37. The topological polar surface area (TPSA) is 26.3 Å². The number of alkyl halides is 1. The van der Waals surface area contributed by atoms with Crippen LogP contribution in [0.1, 0.15) is 19.8 Å². The number of rotatable bonds is 4. The Morgan fingerprint density at radius 1 is 1.73 bits per heavy atom. The summed E-state index contributed by atoms with van der Waals surface area (Å²) >= 11 is 3.35. The third-order valence-electron chi connectivity index (χ3n) is 1.99. The Hall–Kier alpha value is -0.0500. The summed E-state index contributed by atoms with van der Waals surface area (Å²) in [6, 6.07) is 0. The minimum absolute atomic E-state index is 0.00144. The van der Waals surface area contributed by atoms with Gasteiger partial charge in [0.25, 0.3) is 0 Å². The summed E-state index contributed by atoms with van der Waals surface area (Å²) < 4.78 is 4.89. The molecule has 0 radical (unpaired) electrons. The Balaban J connectivity index is 2.15. The molecule has 2 atom stereocenters. The molecule has 0 N–H and O–H groups in total. The number of carbonyl (C=O) groups is 1. The first-order valence-electron chi connectivity index (χ1n) is 4.02. The lowest BCUT2D eigenvalue weighted by molar-refractivity contribution is -0.145. The first kappa shape index (κ1) is 9.04. The maximum absolute atomic E-state index is 11.1. The van der Waals surface area contributed by atoms with Crippen LogP contribution in [0.4, 0.5) is 0 Å². The van der Waals surface area contributed by atoms with Crippen LogP contribution in [0.5, 0.6) is 0 Å². The van der Waals surface area contributed by atoms with E-state index in [0.29, 0.717) is 12.5 Å². The van der Waals surface area contributed by atoms with Crippen LogP contribution in [-0.2, 0) is 9.53 Å². The van der Waals surface area contributed by atoms with Crippen molar-refractivity contribution < 1.29 is 9.53 Å². The lowest BCUT2D eigenvalue weighted by Crippen LogP contribution is -2.07. The van der Waals surface area contributed by atoms with Gasteiger partial charge in [0.05, 0.1) is 12.5 Å². The van der Waals surface area contributed by atoms with Gasteiger partial charge in [-0.05, 0) is 25.7 Å². The molecule has 1 aliphatic carbocycles. The lowest BCUT2D eigenvalue weighted by Gasteiger charge is -1.98. The quantitative estimate of drug-likeness (QED) is 0.535. The van der Waals surface area contributed by atoms with E-state index in [1.807, 2.05) is 6.92 Å². The van der Waals surface area contributed by atoms with Crippen molar-refractivity contribution in [2.75, 3.05) is 11.9 Å². The molecule has 1 fully saturated rings. The standard InChI is InChI=1S/C8H13BrO2/c1-2-11-8(10)7-5-6(7)3-4-9/h6-7H,2-5H2,1H3. The predicted molar refractivity (Wildman–Crippen MR) is 46.6 cm³/mol. The molecule has 3 heteroatoms. The van der Waals surface area contributed by atoms with Crippen LogP contribution >= 0.6 is 15.9 Å². The molecule has 1 rings (SSSR count). The van der Waals surface area contributed by atoms with Crippen molar-refractivity contribution >= 4 is 21.9 Å². The summed E-state index contributed by atoms with van der Waals surface area (Å²) in [4.78, 5) is 11.1. The normalized spacial score (nSPS) is 28.2. The highest BCUT2D eigenvalue weighted by atomic mass is 79.9. The van der Waals surface area contributed by atoms with Crippen LogP contribution in [0.25, 0.3) is 0 Å². The summed E-state index contributed by atoms with van der Waals surface area (Å²) in [5, 5.41) is 0.994. The van der Waals surface area contributed by atoms with E-state index in [9.17, 15) is 4.79 Å². The molecule has 0 heterocycles. The van der Waals surface area contributed by atoms with Gasteiger partial charge in [0.15, 0.2) is 0 Å². The Bertz CT molecular complexity index is 147. The van der Waals surface area contributed by atoms with Gasteiger partial charge in [0, 0.05) is 5.33 Å². The van der Waals surface area contributed by atoms with Crippen molar-refractivity contribution in [2.45, 2.75) is 19.8 Å². The molecule has 11 heavy (non-hydrogen) atoms. The van der Waals surface area contributed by atoms with Crippen LogP contribution in [-0.4, -0.2) is 17.9 Å². The maximum atomic E-state index is 11.1. The van der Waals surface area contributed by atoms with Crippen LogP contribution in [0, 0.1) is 11.8 Å². The van der Waals surface area contributed by atoms with Gasteiger partial charge in [-0.2, -0.15) is 0 Å². The van der Waals surface area contributed by atoms with Crippen LogP contribution < -0.4 is 0 Å². The average Bonchev–Trinajstić information content (AvgIpc) is 2.69. The van der Waals surface area contributed by atoms with E-state index in [1.54, 1.807) is 0 Å². The van der Waals surface area contributed by atoms with Gasteiger partial charge in [-0.25, -0.2) is 0 Å². The first-order valence-corrected chi connectivity index (χ1v) is 5.14. The molecule has 0 aromatic rings. The molecule has 2 nitrogen and oxygen atoms in total. The summed E-state index contributed by atoms with van der Waals surface area (Å²) in [6.45, 7) is 2.36. The molecular weight excluding hydrogens is 208 g/mol. The van der Waals surface area contributed by atoms with Gasteiger partial charge in [0.2, 0.25) is 0 Å². The number of carbonyl (C=O) groups excluding carboxylic acids is 1. The third-order valence-corrected chi connectivity index (χ3v) is 2.45. The molecule has 0 bridgehead atoms. The molecule has 0 saturated heterocycles. The van der Waals surface area contributed by atoms with E-state index in [0.717, 1.165) is 18.2 Å². The van der Waals surface area contributed by atoms with E-state index < -0.39 is 0 Å². The van der Waals surface area contributed by atoms with Crippen molar-refractivity contribution in [1.29, 1.82) is 0 Å². The minimum atomic E-state index is -0.00144. The van der Waals surface area contributed by atoms with Gasteiger partial charge in [-0.15, -0.1) is 0 Å². The molecule has 64 valence electrons. The highest BCUT2D eigenvalue weighted by molar-refractivity contribution is 9.09. The zero-order valence-electron chi connectivity index (χ0n) is 6.68. The van der Waals surface area contributed by atoms with Crippen molar-refractivity contribution in [3.63, 3.8) is 0 Å². The summed E-state index contributed by atoms with van der Waals surface area (Å²) in [7, 11) is 0. The fourth-order valence-electron chi connectivity index (χ4n) is 1.24. The van der Waals surface area contributed by atoms with Crippen molar-refractivity contribution in [2.24, 2.45) is 11.8 Å². The molecule has 0 aromatic carbocycles. The molecule has 1 saturated carbocycles. The van der Waals surface area contributed by atoms with Gasteiger partial charge in [-0.3, -0.25) is 4.79 Å². The van der Waals surface area contributed by atoms with Crippen molar-refractivity contribution in [1.82, 2.24) is 0 Å². The molecule has 0 aromatic heterocycles.